The number of phenolic OH excluding ortho intramolecular Hbond substituents is 2. The Balaban J connectivity index is 0.000000697. The minimum Gasteiger partial charge on any atom is -0.507 e. The van der Waals surface area contributed by atoms with Crippen LogP contribution in [0.25, 0.3) is 0 Å². The second kappa shape index (κ2) is 46.6. The Morgan fingerprint density at radius 1 is 0.323 bits per heavy atom. The maximum absolute atomic E-state index is 12.6. The predicted molar refractivity (Wildman–Crippen MR) is 401 cm³/mol. The van der Waals surface area contributed by atoms with Crippen molar-refractivity contribution < 1.29 is 34.5 Å². The normalized spacial score (nSPS) is 17.3. The van der Waals surface area contributed by atoms with Gasteiger partial charge in [0.15, 0.2) is 23.1 Å². The molecule has 7 heteroatoms. The number of aliphatic hydroxyl groups is 1. The van der Waals surface area contributed by atoms with E-state index in [4.69, 9.17) is 0 Å². The van der Waals surface area contributed by atoms with Crippen LogP contribution in [0.1, 0.15) is 366 Å². The van der Waals surface area contributed by atoms with E-state index in [2.05, 4.69) is 96.9 Å². The van der Waals surface area contributed by atoms with Crippen LogP contribution in [-0.4, -0.2) is 44.1 Å². The molecule has 3 rings (SSSR count). The van der Waals surface area contributed by atoms with Gasteiger partial charge in [-0.25, -0.2) is 0 Å². The highest BCUT2D eigenvalue weighted by Gasteiger charge is 2.29. The van der Waals surface area contributed by atoms with Crippen molar-refractivity contribution in [2.75, 3.05) is 0 Å². The first kappa shape index (κ1) is 87.4. The third-order valence-corrected chi connectivity index (χ3v) is 22.0. The van der Waals surface area contributed by atoms with Gasteiger partial charge in [0.1, 0.15) is 11.5 Å². The fourth-order valence-corrected chi connectivity index (χ4v) is 14.2. The van der Waals surface area contributed by atoms with E-state index in [0.29, 0.717) is 75.5 Å². The molecule has 0 saturated heterocycles. The van der Waals surface area contributed by atoms with E-state index < -0.39 is 5.60 Å². The topological polar surface area (TPSA) is 129 Å². The van der Waals surface area contributed by atoms with Crippen LogP contribution in [0.3, 0.4) is 0 Å². The summed E-state index contributed by atoms with van der Waals surface area (Å²) >= 11 is 0. The number of hydrogen-bond acceptors (Lipinski definition) is 7. The molecule has 2 unspecified atom stereocenters. The number of phenols is 2. The van der Waals surface area contributed by atoms with Gasteiger partial charge in [0.05, 0.1) is 5.60 Å². The summed E-state index contributed by atoms with van der Waals surface area (Å²) in [5, 5.41) is 31.6. The van der Waals surface area contributed by atoms with Gasteiger partial charge in [-0.2, -0.15) is 0 Å². The van der Waals surface area contributed by atoms with E-state index >= 15 is 0 Å². The zero-order chi connectivity index (χ0) is 70.7. The van der Waals surface area contributed by atoms with Crippen molar-refractivity contribution in [2.24, 2.45) is 65.1 Å². The van der Waals surface area contributed by atoms with Crippen LogP contribution in [-0.2, 0) is 25.6 Å². The highest BCUT2D eigenvalue weighted by Crippen LogP contribution is 2.38. The number of hydrogen-bond donors (Lipinski definition) is 3. The van der Waals surface area contributed by atoms with Crippen molar-refractivity contribution in [3.63, 3.8) is 0 Å². The highest BCUT2D eigenvalue weighted by molar-refractivity contribution is 6.24. The van der Waals surface area contributed by atoms with Crippen molar-refractivity contribution in [1.82, 2.24) is 0 Å². The number of rotatable bonds is 45. The maximum Gasteiger partial charge on any atom is 0.185 e. The van der Waals surface area contributed by atoms with Gasteiger partial charge in [0, 0.05) is 44.6 Å². The van der Waals surface area contributed by atoms with Crippen LogP contribution in [0.2, 0.25) is 0 Å². The number of carbonyl (C=O) groups excluding carboxylic acids is 4. The quantitative estimate of drug-likeness (QED) is 0.0438. The summed E-state index contributed by atoms with van der Waals surface area (Å²) in [6.07, 6.45) is 41.2. The second-order valence-electron chi connectivity index (χ2n) is 33.1. The molecule has 0 bridgehead atoms. The molecule has 0 saturated carbocycles. The molecule has 536 valence electrons. The number of Topliss-reactive ketones (excluding diaryl/α,β-unsaturated/α-hetero) is 3. The largest absolute Gasteiger partial charge is 0.507 e. The molecule has 1 aromatic carbocycles. The van der Waals surface area contributed by atoms with Gasteiger partial charge >= 0.3 is 0 Å². The Kier molecular flexibility index (Phi) is 43.8. The lowest BCUT2D eigenvalue weighted by atomic mass is 9.82. The molecule has 0 spiro atoms. The molecule has 0 aliphatic heterocycles. The highest BCUT2D eigenvalue weighted by atomic mass is 16.3. The van der Waals surface area contributed by atoms with Crippen LogP contribution in [0.4, 0.5) is 0 Å². The molecule has 0 amide bonds. The van der Waals surface area contributed by atoms with E-state index in [0.717, 1.165) is 120 Å². The molecule has 2 aliphatic carbocycles. The second-order valence-corrected chi connectivity index (χ2v) is 33.1. The van der Waals surface area contributed by atoms with Gasteiger partial charge in [-0.05, 0) is 195 Å². The van der Waals surface area contributed by atoms with Gasteiger partial charge in [0.2, 0.25) is 0 Å². The molecule has 0 radical (unpaired) electrons. The van der Waals surface area contributed by atoms with E-state index in [-0.39, 0.29) is 23.1 Å². The van der Waals surface area contributed by atoms with Gasteiger partial charge in [-0.1, -0.05) is 264 Å². The summed E-state index contributed by atoms with van der Waals surface area (Å²) in [5.74, 6) is 9.44. The number of carbonyl (C=O) groups is 4. The average molecular weight is 1300 g/mol. The summed E-state index contributed by atoms with van der Waals surface area (Å²) in [7, 11) is 0. The molecular weight excluding hydrogens is 1140 g/mol. The van der Waals surface area contributed by atoms with Crippen LogP contribution in [0.5, 0.6) is 11.5 Å². The minimum absolute atomic E-state index is 0.0417. The number of ketones is 4. The van der Waals surface area contributed by atoms with E-state index in [1.54, 1.807) is 27.7 Å². The minimum atomic E-state index is -0.795. The molecule has 0 aromatic heterocycles. The molecule has 2 aliphatic rings. The van der Waals surface area contributed by atoms with E-state index in [9.17, 15) is 34.5 Å². The van der Waals surface area contributed by atoms with Gasteiger partial charge < -0.3 is 15.3 Å². The number of aromatic hydroxyl groups is 2. The first-order chi connectivity index (χ1) is 43.5. The fraction of sp³-hybridized carbons (Fsp3) is 0.791. The Morgan fingerprint density at radius 2 is 0.624 bits per heavy atom. The molecule has 1 aromatic rings. The van der Waals surface area contributed by atoms with Gasteiger partial charge in [-0.15, -0.1) is 0 Å². The van der Waals surface area contributed by atoms with Gasteiger partial charge in [-0.3, -0.25) is 19.2 Å². The molecule has 7 nitrogen and oxygen atoms in total. The molecule has 0 fully saturated rings. The van der Waals surface area contributed by atoms with Crippen molar-refractivity contribution in [3.8, 4) is 11.5 Å². The fourth-order valence-electron chi connectivity index (χ4n) is 14.2. The van der Waals surface area contributed by atoms with Crippen LogP contribution in [0.15, 0.2) is 45.1 Å². The summed E-state index contributed by atoms with van der Waals surface area (Å²) in [5.41, 5.74) is 6.93. The smallest absolute Gasteiger partial charge is 0.185 e. The number of allylic oxidation sites excluding steroid dienone is 8. The lowest BCUT2D eigenvalue weighted by molar-refractivity contribution is -0.116. The molecule has 3 N–H and O–H groups in total. The average Bonchev–Trinajstić information content (AvgIpc) is 0.846. The lowest BCUT2D eigenvalue weighted by Crippen LogP contribution is -2.26. The molecule has 9 atom stereocenters. The van der Waals surface area contributed by atoms with E-state index in [1.165, 1.54) is 160 Å². The Morgan fingerprint density at radius 3 is 0.989 bits per heavy atom. The molecule has 0 heterocycles. The van der Waals surface area contributed by atoms with Crippen molar-refractivity contribution in [2.45, 2.75) is 377 Å². The first-order valence-electron chi connectivity index (χ1n) is 38.7. The standard InChI is InChI=1S/C29H52O2.C29H50O2.C28H48O3/c2*1-20(2)12-9-13-21(3)14-10-15-22(4)16-11-17-23(5)18-19-27-26(8)28(30)24(6)25(7)29(27)31;1-20(2)11-8-12-21(3)13-9-14-22(4)15-10-17-28(7,31)18-16-25-24(6)26(29)19-23(5)27(25)30/h20-23,30-31H,9-19H2,1-8H3;20-23H,9-19H2,1-8H3;19-22,31H,8-18H2,1-7H3/t2*21-,22-,23?;21-,22-,28-/m111/s1. The summed E-state index contributed by atoms with van der Waals surface area (Å²) in [4.78, 5) is 49.3. The SMILES string of the molecule is CC1=C(C)C(=O)C(CCC(C)CCC[C@H](C)CCC[C@H](C)CCCC(C)C)=C(C)C1=O.CC1=CC(=O)C(C)=C(CC[C@](C)(O)CCC[C@H](C)CCC[C@H](C)CCCC(C)C)C1=O.Cc1c(C)c(O)c(CCC(C)CCC[C@H](C)CCC[C@H](C)CCCC(C)C)c(C)c1O. The zero-order valence-electron chi connectivity index (χ0n) is 65.2. The summed E-state index contributed by atoms with van der Waals surface area (Å²) in [6.45, 7) is 49.3. The van der Waals surface area contributed by atoms with Crippen LogP contribution in [0, 0.1) is 85.9 Å². The summed E-state index contributed by atoms with van der Waals surface area (Å²) < 4.78 is 0. The van der Waals surface area contributed by atoms with Crippen molar-refractivity contribution >= 4 is 23.1 Å². The monoisotopic (exact) mass is 1300 g/mol. The van der Waals surface area contributed by atoms with Crippen LogP contribution >= 0.6 is 0 Å². The molecular formula is C86H150O7. The predicted octanol–water partition coefficient (Wildman–Crippen LogP) is 25.0. The zero-order valence-corrected chi connectivity index (χ0v) is 65.2. The lowest BCUT2D eigenvalue weighted by Gasteiger charge is -2.25. The Bertz CT molecular complexity index is 2460. The third kappa shape index (κ3) is 36.0. The van der Waals surface area contributed by atoms with Crippen molar-refractivity contribution in [3.05, 3.63) is 67.3 Å². The molecule has 93 heavy (non-hydrogen) atoms. The maximum atomic E-state index is 12.6. The van der Waals surface area contributed by atoms with Crippen LogP contribution < -0.4 is 0 Å². The number of benzene rings is 1. The first-order valence-corrected chi connectivity index (χ1v) is 38.7. The Hall–Kier alpha value is -3.58. The Labute approximate surface area is 575 Å². The van der Waals surface area contributed by atoms with Crippen molar-refractivity contribution in [1.29, 1.82) is 0 Å². The van der Waals surface area contributed by atoms with Gasteiger partial charge in [0.25, 0.3) is 0 Å². The third-order valence-electron chi connectivity index (χ3n) is 22.0. The van der Waals surface area contributed by atoms with E-state index in [1.807, 2.05) is 34.6 Å². The summed E-state index contributed by atoms with van der Waals surface area (Å²) in [6, 6.07) is 0.